The van der Waals surface area contributed by atoms with Crippen LogP contribution >= 0.6 is 11.8 Å². The number of rotatable bonds is 7. The summed E-state index contributed by atoms with van der Waals surface area (Å²) in [7, 11) is 0. The van der Waals surface area contributed by atoms with Crippen molar-refractivity contribution in [1.29, 1.82) is 0 Å². The average Bonchev–Trinajstić information content (AvgIpc) is 2.41. The summed E-state index contributed by atoms with van der Waals surface area (Å²) in [6.45, 7) is 3.70. The number of benzene rings is 1. The molecule has 0 saturated heterocycles. The van der Waals surface area contributed by atoms with E-state index in [4.69, 9.17) is 5.11 Å². The van der Waals surface area contributed by atoms with E-state index in [1.165, 1.54) is 17.8 Å². The Morgan fingerprint density at radius 3 is 2.65 bits per heavy atom. The lowest BCUT2D eigenvalue weighted by Crippen LogP contribution is -2.38. The van der Waals surface area contributed by atoms with Crippen molar-refractivity contribution in [3.05, 3.63) is 29.8 Å². The number of aliphatic hydroxyl groups excluding tert-OH is 1. The van der Waals surface area contributed by atoms with Crippen LogP contribution in [0, 0.1) is 17.6 Å². The Morgan fingerprint density at radius 1 is 1.35 bits per heavy atom. The van der Waals surface area contributed by atoms with Crippen molar-refractivity contribution in [2.24, 2.45) is 5.92 Å². The molecule has 1 aromatic rings. The number of carbonyl (C=O) groups is 1. The van der Waals surface area contributed by atoms with Crippen LogP contribution < -0.4 is 5.32 Å². The molecule has 2 N–H and O–H groups in total. The molecule has 0 fully saturated rings. The van der Waals surface area contributed by atoms with E-state index >= 15 is 0 Å². The molecule has 2 atom stereocenters. The van der Waals surface area contributed by atoms with Gasteiger partial charge in [-0.25, -0.2) is 8.78 Å². The van der Waals surface area contributed by atoms with Gasteiger partial charge < -0.3 is 10.4 Å². The second kappa shape index (κ2) is 8.21. The number of hydrogen-bond donors (Lipinski definition) is 2. The van der Waals surface area contributed by atoms with Crippen LogP contribution in [-0.4, -0.2) is 29.4 Å². The molecule has 0 spiro atoms. The minimum absolute atomic E-state index is 0.00204. The second-order valence-corrected chi connectivity index (χ2v) is 5.86. The van der Waals surface area contributed by atoms with Crippen molar-refractivity contribution in [2.45, 2.75) is 31.2 Å². The number of thioether (sulfide) groups is 1. The number of hydrogen-bond acceptors (Lipinski definition) is 3. The lowest BCUT2D eigenvalue weighted by molar-refractivity contribution is -0.121. The molecule has 20 heavy (non-hydrogen) atoms. The first kappa shape index (κ1) is 16.9. The van der Waals surface area contributed by atoms with Crippen molar-refractivity contribution in [3.8, 4) is 0 Å². The molecule has 0 bridgehead atoms. The Bertz CT molecular complexity index is 457. The highest BCUT2D eigenvalue weighted by Gasteiger charge is 2.13. The van der Waals surface area contributed by atoms with Crippen molar-refractivity contribution in [1.82, 2.24) is 5.32 Å². The average molecular weight is 303 g/mol. The van der Waals surface area contributed by atoms with E-state index < -0.39 is 11.6 Å². The molecule has 0 aliphatic heterocycles. The van der Waals surface area contributed by atoms with Gasteiger partial charge in [0.1, 0.15) is 0 Å². The van der Waals surface area contributed by atoms with Gasteiger partial charge in [-0.2, -0.15) is 0 Å². The van der Waals surface area contributed by atoms with Gasteiger partial charge in [-0.05, 0) is 31.0 Å². The molecular weight excluding hydrogens is 284 g/mol. The molecule has 0 heterocycles. The van der Waals surface area contributed by atoms with E-state index in [1.54, 1.807) is 0 Å². The van der Waals surface area contributed by atoms with Gasteiger partial charge in [-0.3, -0.25) is 4.79 Å². The third-order valence-electron chi connectivity index (χ3n) is 3.02. The summed E-state index contributed by atoms with van der Waals surface area (Å²) in [5.41, 5.74) is 0. The second-order valence-electron chi connectivity index (χ2n) is 4.69. The zero-order valence-corrected chi connectivity index (χ0v) is 12.3. The molecule has 3 nitrogen and oxygen atoms in total. The van der Waals surface area contributed by atoms with E-state index in [0.29, 0.717) is 10.6 Å². The minimum Gasteiger partial charge on any atom is -0.396 e. The third-order valence-corrected chi connectivity index (χ3v) is 4.01. The third kappa shape index (κ3) is 5.46. The number of nitrogens with one attached hydrogen (secondary N) is 1. The molecule has 0 aromatic heterocycles. The van der Waals surface area contributed by atoms with Crippen molar-refractivity contribution >= 4 is 17.7 Å². The predicted octanol–water partition coefficient (Wildman–Crippen LogP) is 2.58. The largest absolute Gasteiger partial charge is 0.396 e. The Balaban J connectivity index is 2.33. The molecule has 1 aromatic carbocycles. The molecule has 112 valence electrons. The summed E-state index contributed by atoms with van der Waals surface area (Å²) >= 11 is 1.30. The van der Waals surface area contributed by atoms with Gasteiger partial charge in [-0.1, -0.05) is 6.92 Å². The van der Waals surface area contributed by atoms with Gasteiger partial charge in [0.15, 0.2) is 11.6 Å². The summed E-state index contributed by atoms with van der Waals surface area (Å²) in [5, 5.41) is 11.8. The number of aliphatic hydroxyl groups is 1. The maximum absolute atomic E-state index is 13.0. The van der Waals surface area contributed by atoms with Crippen LogP contribution in [0.4, 0.5) is 8.78 Å². The lowest BCUT2D eigenvalue weighted by atomic mass is 10.1. The van der Waals surface area contributed by atoms with Crippen LogP contribution in [0.15, 0.2) is 23.1 Å². The van der Waals surface area contributed by atoms with E-state index in [-0.39, 0.29) is 30.9 Å². The van der Waals surface area contributed by atoms with Gasteiger partial charge in [-0.15, -0.1) is 11.8 Å². The Labute approximate surface area is 121 Å². The normalized spacial score (nSPS) is 13.8. The zero-order valence-electron chi connectivity index (χ0n) is 11.5. The number of halogens is 2. The Hall–Kier alpha value is -1.14. The summed E-state index contributed by atoms with van der Waals surface area (Å²) in [6, 6.07) is 3.58. The fourth-order valence-electron chi connectivity index (χ4n) is 1.45. The summed E-state index contributed by atoms with van der Waals surface area (Å²) in [4.78, 5) is 12.2. The van der Waals surface area contributed by atoms with Crippen LogP contribution in [0.25, 0.3) is 0 Å². The van der Waals surface area contributed by atoms with E-state index in [9.17, 15) is 13.6 Å². The molecule has 0 saturated carbocycles. The molecule has 0 aliphatic carbocycles. The summed E-state index contributed by atoms with van der Waals surface area (Å²) in [6.07, 6.45) is 0.284. The number of amides is 1. The summed E-state index contributed by atoms with van der Waals surface area (Å²) < 4.78 is 25.7. The smallest absolute Gasteiger partial charge is 0.221 e. The van der Waals surface area contributed by atoms with E-state index in [0.717, 1.165) is 12.1 Å². The first-order valence-corrected chi connectivity index (χ1v) is 7.40. The molecule has 2 unspecified atom stereocenters. The van der Waals surface area contributed by atoms with Crippen LogP contribution in [-0.2, 0) is 4.79 Å². The fraction of sp³-hybridized carbons (Fsp3) is 0.500. The van der Waals surface area contributed by atoms with E-state index in [1.807, 2.05) is 13.8 Å². The minimum atomic E-state index is -0.884. The summed E-state index contributed by atoms with van der Waals surface area (Å²) in [5.74, 6) is -1.40. The highest BCUT2D eigenvalue weighted by atomic mass is 32.2. The van der Waals surface area contributed by atoms with Gasteiger partial charge in [0.25, 0.3) is 0 Å². The highest BCUT2D eigenvalue weighted by molar-refractivity contribution is 7.99. The van der Waals surface area contributed by atoms with Crippen molar-refractivity contribution in [3.63, 3.8) is 0 Å². The maximum Gasteiger partial charge on any atom is 0.221 e. The maximum atomic E-state index is 13.0. The highest BCUT2D eigenvalue weighted by Crippen LogP contribution is 2.21. The molecule has 1 rings (SSSR count). The first-order valence-electron chi connectivity index (χ1n) is 6.42. The molecular formula is C14H19F2NO2S. The van der Waals surface area contributed by atoms with Crippen LogP contribution in [0.2, 0.25) is 0 Å². The lowest BCUT2D eigenvalue weighted by Gasteiger charge is -2.19. The monoisotopic (exact) mass is 303 g/mol. The standard InChI is InChI=1S/C14H19F2NO2S/c1-9(8-18)10(2)17-14(19)5-6-20-11-3-4-12(15)13(16)7-11/h3-4,7,9-10,18H,5-6,8H2,1-2H3,(H,17,19). The van der Waals surface area contributed by atoms with Gasteiger partial charge in [0.05, 0.1) is 0 Å². The fourth-order valence-corrected chi connectivity index (χ4v) is 2.33. The number of carbonyl (C=O) groups excluding carboxylic acids is 1. The Morgan fingerprint density at radius 2 is 2.05 bits per heavy atom. The zero-order chi connectivity index (χ0) is 15.1. The quantitative estimate of drug-likeness (QED) is 0.761. The topological polar surface area (TPSA) is 49.3 Å². The van der Waals surface area contributed by atoms with Crippen molar-refractivity contribution in [2.75, 3.05) is 12.4 Å². The van der Waals surface area contributed by atoms with Gasteiger partial charge in [0.2, 0.25) is 5.91 Å². The molecule has 1 amide bonds. The first-order chi connectivity index (χ1) is 9.43. The van der Waals surface area contributed by atoms with Gasteiger partial charge >= 0.3 is 0 Å². The van der Waals surface area contributed by atoms with Crippen molar-refractivity contribution < 1.29 is 18.7 Å². The van der Waals surface area contributed by atoms with E-state index in [2.05, 4.69) is 5.32 Å². The van der Waals surface area contributed by atoms with Crippen LogP contribution in [0.1, 0.15) is 20.3 Å². The predicted molar refractivity (Wildman–Crippen MR) is 75.6 cm³/mol. The van der Waals surface area contributed by atoms with Crippen LogP contribution in [0.5, 0.6) is 0 Å². The van der Waals surface area contributed by atoms with Gasteiger partial charge in [0, 0.05) is 29.7 Å². The molecule has 0 radical (unpaired) electrons. The van der Waals surface area contributed by atoms with Crippen LogP contribution in [0.3, 0.4) is 0 Å². The molecule has 6 heteroatoms. The molecule has 0 aliphatic rings. The Kier molecular flexibility index (Phi) is 6.95. The SMILES string of the molecule is CC(CO)C(C)NC(=O)CCSc1ccc(F)c(F)c1.